The molecule has 82 valence electrons. The fourth-order valence-corrected chi connectivity index (χ4v) is 0.920. The number of nitrogens with one attached hydrogen (secondary N) is 1. The van der Waals surface area contributed by atoms with Gasteiger partial charge in [-0.1, -0.05) is 0 Å². The van der Waals surface area contributed by atoms with E-state index >= 15 is 0 Å². The SMILES string of the molecule is O=C(CO)Nc1ccc(OC(F)F)cc1. The first-order chi connectivity index (χ1) is 7.11. The lowest BCUT2D eigenvalue weighted by molar-refractivity contribution is -0.118. The summed E-state index contributed by atoms with van der Waals surface area (Å²) in [6, 6.07) is 5.37. The minimum Gasteiger partial charge on any atom is -0.435 e. The van der Waals surface area contributed by atoms with Gasteiger partial charge in [0.2, 0.25) is 5.91 Å². The molecule has 0 saturated carbocycles. The minimum absolute atomic E-state index is 0.00648. The Labute approximate surface area is 84.5 Å². The van der Waals surface area contributed by atoms with Crippen LogP contribution in [0.15, 0.2) is 24.3 Å². The molecule has 0 spiro atoms. The van der Waals surface area contributed by atoms with Gasteiger partial charge >= 0.3 is 6.61 Å². The first-order valence-electron chi connectivity index (χ1n) is 4.07. The maximum Gasteiger partial charge on any atom is 0.387 e. The lowest BCUT2D eigenvalue weighted by Crippen LogP contribution is -2.15. The number of amides is 1. The van der Waals surface area contributed by atoms with Crippen molar-refractivity contribution in [1.82, 2.24) is 0 Å². The molecule has 1 amide bonds. The molecule has 4 nitrogen and oxygen atoms in total. The van der Waals surface area contributed by atoms with Crippen LogP contribution in [0.1, 0.15) is 0 Å². The number of alkyl halides is 2. The second-order valence-electron chi connectivity index (χ2n) is 2.61. The van der Waals surface area contributed by atoms with Gasteiger partial charge in [0.05, 0.1) is 0 Å². The maximum absolute atomic E-state index is 11.8. The average Bonchev–Trinajstić information content (AvgIpc) is 2.20. The van der Waals surface area contributed by atoms with Crippen LogP contribution in [0.4, 0.5) is 14.5 Å². The smallest absolute Gasteiger partial charge is 0.387 e. The van der Waals surface area contributed by atoms with Gasteiger partial charge in [0.25, 0.3) is 0 Å². The molecule has 0 aliphatic rings. The summed E-state index contributed by atoms with van der Waals surface area (Å²) < 4.78 is 27.6. The molecular formula is C9H9F2NO3. The number of halogens is 2. The molecule has 2 N–H and O–H groups in total. The predicted molar refractivity (Wildman–Crippen MR) is 48.8 cm³/mol. The van der Waals surface area contributed by atoms with Crippen LogP contribution in [0.25, 0.3) is 0 Å². The Morgan fingerprint density at radius 3 is 2.47 bits per heavy atom. The van der Waals surface area contributed by atoms with Crippen molar-refractivity contribution in [2.45, 2.75) is 6.61 Å². The van der Waals surface area contributed by atoms with Gasteiger partial charge in [-0.2, -0.15) is 8.78 Å². The Morgan fingerprint density at radius 2 is 2.00 bits per heavy atom. The number of anilines is 1. The molecule has 0 bridgehead atoms. The van der Waals surface area contributed by atoms with Gasteiger partial charge in [0.15, 0.2) is 0 Å². The summed E-state index contributed by atoms with van der Waals surface area (Å²) in [6.45, 7) is -3.50. The van der Waals surface area contributed by atoms with E-state index in [9.17, 15) is 13.6 Å². The third-order valence-corrected chi connectivity index (χ3v) is 1.51. The number of aliphatic hydroxyl groups excluding tert-OH is 1. The van der Waals surface area contributed by atoms with E-state index < -0.39 is 19.1 Å². The average molecular weight is 217 g/mol. The van der Waals surface area contributed by atoms with E-state index in [0.717, 1.165) is 0 Å². The van der Waals surface area contributed by atoms with Crippen LogP contribution in [0.5, 0.6) is 5.75 Å². The van der Waals surface area contributed by atoms with Crippen LogP contribution >= 0.6 is 0 Å². The monoisotopic (exact) mass is 217 g/mol. The normalized spacial score (nSPS) is 10.1. The zero-order valence-electron chi connectivity index (χ0n) is 7.61. The molecular weight excluding hydrogens is 208 g/mol. The van der Waals surface area contributed by atoms with Gasteiger partial charge in [0, 0.05) is 5.69 Å². The van der Waals surface area contributed by atoms with Gasteiger partial charge in [0.1, 0.15) is 12.4 Å². The highest BCUT2D eigenvalue weighted by atomic mass is 19.3. The lowest BCUT2D eigenvalue weighted by Gasteiger charge is -2.06. The van der Waals surface area contributed by atoms with Gasteiger partial charge in [-0.25, -0.2) is 0 Å². The number of carbonyl (C=O) groups is 1. The van der Waals surface area contributed by atoms with E-state index in [1.54, 1.807) is 0 Å². The molecule has 0 atom stereocenters. The topological polar surface area (TPSA) is 58.6 Å². The van der Waals surface area contributed by atoms with Crippen LogP contribution < -0.4 is 10.1 Å². The standard InChI is InChI=1S/C9H9F2NO3/c10-9(11)15-7-3-1-6(2-4-7)12-8(14)5-13/h1-4,9,13H,5H2,(H,12,14). The molecule has 6 heteroatoms. The van der Waals surface area contributed by atoms with Crippen molar-refractivity contribution in [2.24, 2.45) is 0 Å². The Bertz CT molecular complexity index is 327. The van der Waals surface area contributed by atoms with Crippen LogP contribution in [-0.2, 0) is 4.79 Å². The largest absolute Gasteiger partial charge is 0.435 e. The molecule has 0 heterocycles. The predicted octanol–water partition coefficient (Wildman–Crippen LogP) is 1.22. The number of hydrogen-bond donors (Lipinski definition) is 2. The first kappa shape index (κ1) is 11.4. The van der Waals surface area contributed by atoms with Crippen LogP contribution in [-0.4, -0.2) is 24.2 Å². The summed E-state index contributed by atoms with van der Waals surface area (Å²) in [6.07, 6.45) is 0. The minimum atomic E-state index is -2.87. The highest BCUT2D eigenvalue weighted by Gasteiger charge is 2.04. The van der Waals surface area contributed by atoms with Crippen molar-refractivity contribution in [3.8, 4) is 5.75 Å². The Hall–Kier alpha value is -1.69. The number of ether oxygens (including phenoxy) is 1. The van der Waals surface area contributed by atoms with E-state index in [1.807, 2.05) is 0 Å². The van der Waals surface area contributed by atoms with E-state index in [0.29, 0.717) is 5.69 Å². The summed E-state index contributed by atoms with van der Waals surface area (Å²) in [5.74, 6) is -0.565. The Balaban J connectivity index is 2.60. The highest BCUT2D eigenvalue weighted by Crippen LogP contribution is 2.17. The zero-order chi connectivity index (χ0) is 11.3. The van der Waals surface area contributed by atoms with Crippen molar-refractivity contribution in [1.29, 1.82) is 0 Å². The fraction of sp³-hybridized carbons (Fsp3) is 0.222. The van der Waals surface area contributed by atoms with E-state index in [-0.39, 0.29) is 5.75 Å². The van der Waals surface area contributed by atoms with Gasteiger partial charge in [-0.3, -0.25) is 4.79 Å². The summed E-state index contributed by atoms with van der Waals surface area (Å²) in [5.41, 5.74) is 0.399. The van der Waals surface area contributed by atoms with Gasteiger partial charge < -0.3 is 15.2 Å². The number of carbonyl (C=O) groups excluding carboxylic acids is 1. The summed E-state index contributed by atoms with van der Waals surface area (Å²) in [4.78, 5) is 10.7. The second-order valence-corrected chi connectivity index (χ2v) is 2.61. The van der Waals surface area contributed by atoms with Gasteiger partial charge in [-0.05, 0) is 24.3 Å². The Morgan fingerprint density at radius 1 is 1.40 bits per heavy atom. The molecule has 0 saturated heterocycles. The van der Waals surface area contributed by atoms with E-state index in [2.05, 4.69) is 10.1 Å². The molecule has 1 aromatic carbocycles. The van der Waals surface area contributed by atoms with Crippen molar-refractivity contribution in [2.75, 3.05) is 11.9 Å². The number of benzene rings is 1. The third kappa shape index (κ3) is 3.90. The zero-order valence-corrected chi connectivity index (χ0v) is 7.61. The van der Waals surface area contributed by atoms with Crippen LogP contribution in [0, 0.1) is 0 Å². The van der Waals surface area contributed by atoms with Crippen molar-refractivity contribution >= 4 is 11.6 Å². The quantitative estimate of drug-likeness (QED) is 0.797. The third-order valence-electron chi connectivity index (χ3n) is 1.51. The summed E-state index contributed by atoms with van der Waals surface area (Å²) in [7, 11) is 0. The molecule has 0 aromatic heterocycles. The lowest BCUT2D eigenvalue weighted by atomic mass is 10.3. The maximum atomic E-state index is 11.8. The Kier molecular flexibility index (Phi) is 3.99. The fourth-order valence-electron chi connectivity index (χ4n) is 0.920. The molecule has 1 rings (SSSR count). The van der Waals surface area contributed by atoms with E-state index in [1.165, 1.54) is 24.3 Å². The molecule has 0 fully saturated rings. The van der Waals surface area contributed by atoms with Crippen LogP contribution in [0.2, 0.25) is 0 Å². The first-order valence-corrected chi connectivity index (χ1v) is 4.07. The summed E-state index contributed by atoms with van der Waals surface area (Å²) >= 11 is 0. The number of hydrogen-bond acceptors (Lipinski definition) is 3. The van der Waals surface area contributed by atoms with E-state index in [4.69, 9.17) is 5.11 Å². The second kappa shape index (κ2) is 5.26. The highest BCUT2D eigenvalue weighted by molar-refractivity contribution is 5.91. The van der Waals surface area contributed by atoms with Crippen LogP contribution in [0.3, 0.4) is 0 Å². The molecule has 1 aromatic rings. The molecule has 0 aliphatic heterocycles. The molecule has 0 aliphatic carbocycles. The van der Waals surface area contributed by atoms with Crippen molar-refractivity contribution in [3.05, 3.63) is 24.3 Å². The number of rotatable bonds is 4. The molecule has 0 unspecified atom stereocenters. The number of aliphatic hydroxyl groups is 1. The van der Waals surface area contributed by atoms with Crippen molar-refractivity contribution < 1.29 is 23.4 Å². The summed E-state index contributed by atoms with van der Waals surface area (Å²) in [5, 5.41) is 10.8. The molecule has 0 radical (unpaired) electrons. The molecule has 15 heavy (non-hydrogen) atoms. The van der Waals surface area contributed by atoms with Crippen molar-refractivity contribution in [3.63, 3.8) is 0 Å². The van der Waals surface area contributed by atoms with Gasteiger partial charge in [-0.15, -0.1) is 0 Å².